The van der Waals surface area contributed by atoms with Crippen molar-refractivity contribution in [1.29, 1.82) is 5.26 Å². The van der Waals surface area contributed by atoms with Crippen LogP contribution < -0.4 is 4.74 Å². The van der Waals surface area contributed by atoms with Gasteiger partial charge in [0.15, 0.2) is 5.69 Å². The van der Waals surface area contributed by atoms with E-state index in [9.17, 15) is 5.26 Å². The van der Waals surface area contributed by atoms with Gasteiger partial charge in [-0.25, -0.2) is 14.8 Å². The molecule has 224 valence electrons. The summed E-state index contributed by atoms with van der Waals surface area (Å²) >= 11 is 0. The molecule has 0 spiro atoms. The van der Waals surface area contributed by atoms with Gasteiger partial charge in [0.2, 0.25) is 0 Å². The van der Waals surface area contributed by atoms with E-state index in [0.29, 0.717) is 22.7 Å². The van der Waals surface area contributed by atoms with Crippen molar-refractivity contribution in [1.82, 2.24) is 19.1 Å². The van der Waals surface area contributed by atoms with Crippen LogP contribution in [0.4, 0.5) is 5.69 Å². The van der Waals surface area contributed by atoms with Crippen LogP contribution in [0.2, 0.25) is 0 Å². The van der Waals surface area contributed by atoms with Gasteiger partial charge in [-0.1, -0.05) is 32.9 Å². The predicted octanol–water partition coefficient (Wildman–Crippen LogP) is 10.2. The molecule has 8 rings (SSSR count). The Bertz CT molecular complexity index is 2610. The highest BCUT2D eigenvalue weighted by molar-refractivity contribution is 6.11. The van der Waals surface area contributed by atoms with E-state index in [2.05, 4.69) is 64.0 Å². The maximum absolute atomic E-state index is 9.58. The predicted molar refractivity (Wildman–Crippen MR) is 187 cm³/mol. The van der Waals surface area contributed by atoms with Gasteiger partial charge in [-0.15, -0.1) is 0 Å². The minimum Gasteiger partial charge on any atom is -0.457 e. The molecule has 0 bridgehead atoms. The summed E-state index contributed by atoms with van der Waals surface area (Å²) in [5, 5.41) is 13.6. The van der Waals surface area contributed by atoms with Gasteiger partial charge in [-0.05, 0) is 95.2 Å². The molecule has 4 aromatic heterocycles. The summed E-state index contributed by atoms with van der Waals surface area (Å²) in [5.74, 6) is 2.93. The van der Waals surface area contributed by atoms with E-state index in [1.54, 1.807) is 6.20 Å². The molecule has 0 aliphatic carbocycles. The first-order valence-electron chi connectivity index (χ1n) is 15.3. The van der Waals surface area contributed by atoms with E-state index < -0.39 is 0 Å². The number of hydrogen-bond acceptors (Lipinski definition) is 4. The smallest absolute Gasteiger partial charge is 0.188 e. The van der Waals surface area contributed by atoms with Crippen molar-refractivity contribution in [2.45, 2.75) is 26.2 Å². The van der Waals surface area contributed by atoms with Crippen molar-refractivity contribution in [2.75, 3.05) is 0 Å². The molecule has 4 aromatic carbocycles. The van der Waals surface area contributed by atoms with Crippen LogP contribution in [0.3, 0.4) is 0 Å². The van der Waals surface area contributed by atoms with E-state index in [4.69, 9.17) is 16.3 Å². The minimum atomic E-state index is -0.0471. The van der Waals surface area contributed by atoms with Crippen molar-refractivity contribution in [2.24, 2.45) is 0 Å². The first-order valence-corrected chi connectivity index (χ1v) is 15.3. The maximum atomic E-state index is 9.58. The van der Waals surface area contributed by atoms with E-state index in [0.717, 1.165) is 55.2 Å². The molecule has 0 N–H and O–H groups in total. The summed E-state index contributed by atoms with van der Waals surface area (Å²) in [6, 6.07) is 35.9. The molecule has 0 saturated heterocycles. The number of fused-ring (bicyclic) bond motifs is 6. The Hall–Kier alpha value is -6.44. The van der Waals surface area contributed by atoms with Crippen LogP contribution in [0.15, 0.2) is 116 Å². The second-order valence-corrected chi connectivity index (χ2v) is 12.6. The van der Waals surface area contributed by atoms with Gasteiger partial charge in [0.1, 0.15) is 23.1 Å². The Balaban J connectivity index is 1.30. The van der Waals surface area contributed by atoms with Gasteiger partial charge in [0.25, 0.3) is 0 Å². The second kappa shape index (κ2) is 10.6. The molecule has 0 aliphatic rings. The van der Waals surface area contributed by atoms with Crippen LogP contribution in [-0.2, 0) is 5.41 Å². The molecule has 0 fully saturated rings. The van der Waals surface area contributed by atoms with Crippen LogP contribution >= 0.6 is 0 Å². The van der Waals surface area contributed by atoms with Crippen LogP contribution in [0.1, 0.15) is 31.9 Å². The van der Waals surface area contributed by atoms with Gasteiger partial charge < -0.3 is 4.74 Å². The number of hydrogen-bond donors (Lipinski definition) is 0. The topological polar surface area (TPSA) is 73.0 Å². The zero-order valence-electron chi connectivity index (χ0n) is 26.1. The van der Waals surface area contributed by atoms with Crippen LogP contribution in [0.5, 0.6) is 11.5 Å². The number of pyridine rings is 2. The Morgan fingerprint density at radius 2 is 1.32 bits per heavy atom. The molecule has 0 unspecified atom stereocenters. The Labute approximate surface area is 271 Å². The molecule has 0 amide bonds. The normalized spacial score (nSPS) is 11.7. The lowest BCUT2D eigenvalue weighted by Gasteiger charge is -2.20. The number of nitrogens with zero attached hydrogens (tertiary/aromatic N) is 6. The molecule has 8 aromatic rings. The molecular weight excluding hydrogens is 580 g/mol. The minimum absolute atomic E-state index is 0.0471. The van der Waals surface area contributed by atoms with Gasteiger partial charge in [-0.2, -0.15) is 5.26 Å². The summed E-state index contributed by atoms with van der Waals surface area (Å²) in [7, 11) is 0. The Morgan fingerprint density at radius 3 is 1.96 bits per heavy atom. The molecule has 0 atom stereocenters. The van der Waals surface area contributed by atoms with Gasteiger partial charge in [0.05, 0.1) is 40.3 Å². The quantitative estimate of drug-likeness (QED) is 0.186. The zero-order chi connectivity index (χ0) is 32.3. The van der Waals surface area contributed by atoms with Gasteiger partial charge in [0, 0.05) is 40.7 Å². The maximum Gasteiger partial charge on any atom is 0.188 e. The summed E-state index contributed by atoms with van der Waals surface area (Å²) < 4.78 is 10.8. The molecule has 0 radical (unpaired) electrons. The first-order chi connectivity index (χ1) is 22.8. The van der Waals surface area contributed by atoms with E-state index >= 15 is 0 Å². The van der Waals surface area contributed by atoms with E-state index in [1.807, 2.05) is 91.1 Å². The lowest BCUT2D eigenvalue weighted by Crippen LogP contribution is -2.12. The number of rotatable bonds is 4. The molecule has 0 aliphatic heterocycles. The molecule has 47 heavy (non-hydrogen) atoms. The fourth-order valence-corrected chi connectivity index (χ4v) is 6.38. The number of ether oxygens (including phenoxy) is 1. The SMILES string of the molecule is [C-]#[N+]c1ccc2c(c1)c1ccc(Oc3ccc4c5cc(C#N)ccc5n(-c5ccccn5)c4c3)cc1n2-c1cc(C(C)(C)C)ccn1. The molecule has 7 nitrogen and oxygen atoms in total. The highest BCUT2D eigenvalue weighted by atomic mass is 16.5. The fourth-order valence-electron chi connectivity index (χ4n) is 6.38. The molecule has 0 saturated carbocycles. The average Bonchev–Trinajstić information content (AvgIpc) is 3.59. The average molecular weight is 609 g/mol. The third-order valence-corrected chi connectivity index (χ3v) is 8.67. The monoisotopic (exact) mass is 608 g/mol. The van der Waals surface area contributed by atoms with Gasteiger partial charge >= 0.3 is 0 Å². The summed E-state index contributed by atoms with van der Waals surface area (Å²) in [6.07, 6.45) is 3.63. The molecular formula is C40H28N6O. The third-order valence-electron chi connectivity index (χ3n) is 8.67. The Morgan fingerprint density at radius 1 is 0.660 bits per heavy atom. The standard InChI is InChI=1S/C40H28N6O/c1-40(2,3)26-16-18-44-39(20-26)46-35-15-9-27(42-4)21-33(35)31-13-11-29(23-37(31)46)47-28-10-12-30-32-19-25(24-41)8-14-34(32)45(36(30)22-28)38-7-5-6-17-43-38/h5-23H,1-3H3. The first kappa shape index (κ1) is 28.1. The summed E-state index contributed by atoms with van der Waals surface area (Å²) in [6.45, 7) is 14.2. The van der Waals surface area contributed by atoms with Crippen molar-refractivity contribution in [3.8, 4) is 29.2 Å². The largest absolute Gasteiger partial charge is 0.457 e. The van der Waals surface area contributed by atoms with E-state index in [-0.39, 0.29) is 5.41 Å². The summed E-state index contributed by atoms with van der Waals surface area (Å²) in [5.41, 5.74) is 6.13. The Kier molecular flexibility index (Phi) is 6.32. The highest BCUT2D eigenvalue weighted by Gasteiger charge is 2.19. The zero-order valence-corrected chi connectivity index (χ0v) is 26.1. The third kappa shape index (κ3) is 4.65. The lowest BCUT2D eigenvalue weighted by atomic mass is 9.88. The van der Waals surface area contributed by atoms with Crippen molar-refractivity contribution in [3.05, 3.63) is 138 Å². The lowest BCUT2D eigenvalue weighted by molar-refractivity contribution is 0.484. The number of nitriles is 1. The number of aromatic nitrogens is 4. The van der Waals surface area contributed by atoms with Crippen LogP contribution in [0.25, 0.3) is 60.1 Å². The number of benzene rings is 4. The second-order valence-electron chi connectivity index (χ2n) is 12.6. The summed E-state index contributed by atoms with van der Waals surface area (Å²) in [4.78, 5) is 13.1. The van der Waals surface area contributed by atoms with E-state index in [1.165, 1.54) is 5.56 Å². The molecule has 4 heterocycles. The van der Waals surface area contributed by atoms with Crippen molar-refractivity contribution in [3.63, 3.8) is 0 Å². The van der Waals surface area contributed by atoms with Crippen molar-refractivity contribution >= 4 is 49.3 Å². The van der Waals surface area contributed by atoms with Gasteiger partial charge in [-0.3, -0.25) is 9.13 Å². The van der Waals surface area contributed by atoms with Crippen LogP contribution in [0, 0.1) is 17.9 Å². The van der Waals surface area contributed by atoms with Crippen molar-refractivity contribution < 1.29 is 4.74 Å². The molecule has 7 heteroatoms. The highest BCUT2D eigenvalue weighted by Crippen LogP contribution is 2.39. The van der Waals surface area contributed by atoms with Crippen LogP contribution in [-0.4, -0.2) is 19.1 Å². The fraction of sp³-hybridized carbons (Fsp3) is 0.100.